The number of pyridine rings is 1. The van der Waals surface area contributed by atoms with Gasteiger partial charge in [-0.25, -0.2) is 0 Å². The zero-order valence-corrected chi connectivity index (χ0v) is 14.5. The minimum absolute atomic E-state index is 0.0914. The molecule has 3 rings (SSSR count). The fraction of sp³-hybridized carbons (Fsp3) is 0.400. The molecule has 0 spiro atoms. The zero-order chi connectivity index (χ0) is 16.9. The van der Waals surface area contributed by atoms with Crippen molar-refractivity contribution in [2.24, 2.45) is 0 Å². The van der Waals surface area contributed by atoms with Crippen LogP contribution < -0.4 is 5.32 Å². The SMILES string of the molecule is Cc1ccc(Nc2cncc(C(=O)N3CCCCCC3)c2)c(C)c1. The van der Waals surface area contributed by atoms with Gasteiger partial charge in [-0.15, -0.1) is 0 Å². The number of anilines is 2. The van der Waals surface area contributed by atoms with Crippen LogP contribution in [-0.4, -0.2) is 28.9 Å². The van der Waals surface area contributed by atoms with Crippen LogP contribution >= 0.6 is 0 Å². The van der Waals surface area contributed by atoms with Crippen LogP contribution in [0, 0.1) is 13.8 Å². The number of aromatic nitrogens is 1. The number of nitrogens with zero attached hydrogens (tertiary/aromatic N) is 2. The van der Waals surface area contributed by atoms with Crippen LogP contribution in [0.2, 0.25) is 0 Å². The van der Waals surface area contributed by atoms with E-state index in [-0.39, 0.29) is 5.91 Å². The largest absolute Gasteiger partial charge is 0.354 e. The highest BCUT2D eigenvalue weighted by Gasteiger charge is 2.17. The monoisotopic (exact) mass is 323 g/mol. The van der Waals surface area contributed by atoms with E-state index in [0.717, 1.165) is 37.3 Å². The lowest BCUT2D eigenvalue weighted by Crippen LogP contribution is -2.31. The fourth-order valence-electron chi connectivity index (χ4n) is 3.19. The van der Waals surface area contributed by atoms with Crippen molar-refractivity contribution in [2.45, 2.75) is 39.5 Å². The Morgan fingerprint density at radius 1 is 1.04 bits per heavy atom. The number of hydrogen-bond acceptors (Lipinski definition) is 3. The van der Waals surface area contributed by atoms with E-state index >= 15 is 0 Å². The standard InChI is InChI=1S/C20H25N3O/c1-15-7-8-19(16(2)11-15)22-18-12-17(13-21-14-18)20(24)23-9-5-3-4-6-10-23/h7-8,11-14,22H,3-6,9-10H2,1-2H3. The Kier molecular flexibility index (Phi) is 5.14. The maximum Gasteiger partial charge on any atom is 0.255 e. The van der Waals surface area contributed by atoms with Crippen LogP contribution in [0.5, 0.6) is 0 Å². The number of rotatable bonds is 3. The highest BCUT2D eigenvalue weighted by molar-refractivity contribution is 5.95. The first-order chi connectivity index (χ1) is 11.6. The predicted molar refractivity (Wildman–Crippen MR) is 97.8 cm³/mol. The van der Waals surface area contributed by atoms with Crippen molar-refractivity contribution in [2.75, 3.05) is 18.4 Å². The molecule has 1 saturated heterocycles. The molecular formula is C20H25N3O. The summed E-state index contributed by atoms with van der Waals surface area (Å²) in [5, 5.41) is 3.38. The van der Waals surface area contributed by atoms with E-state index in [1.807, 2.05) is 11.0 Å². The van der Waals surface area contributed by atoms with Gasteiger partial charge in [0.25, 0.3) is 5.91 Å². The second-order valence-corrected chi connectivity index (χ2v) is 6.61. The Balaban J connectivity index is 1.77. The molecule has 4 heteroatoms. The minimum Gasteiger partial charge on any atom is -0.354 e. The van der Waals surface area contributed by atoms with Gasteiger partial charge in [0, 0.05) is 25.0 Å². The number of benzene rings is 1. The van der Waals surface area contributed by atoms with Gasteiger partial charge in [-0.05, 0) is 44.4 Å². The first-order valence-corrected chi connectivity index (χ1v) is 8.72. The van der Waals surface area contributed by atoms with E-state index < -0.39 is 0 Å². The average molecular weight is 323 g/mol. The molecule has 1 amide bonds. The summed E-state index contributed by atoms with van der Waals surface area (Å²) in [6.45, 7) is 5.87. The van der Waals surface area contributed by atoms with Gasteiger partial charge < -0.3 is 10.2 Å². The van der Waals surface area contributed by atoms with Gasteiger partial charge in [0.1, 0.15) is 0 Å². The third-order valence-electron chi connectivity index (χ3n) is 4.54. The predicted octanol–water partition coefficient (Wildman–Crippen LogP) is 4.46. The highest BCUT2D eigenvalue weighted by atomic mass is 16.2. The number of amides is 1. The number of carbonyl (C=O) groups is 1. The van der Waals surface area contributed by atoms with Crippen molar-refractivity contribution in [1.82, 2.24) is 9.88 Å². The molecule has 0 radical (unpaired) electrons. The van der Waals surface area contributed by atoms with Crippen LogP contribution in [0.1, 0.15) is 47.2 Å². The number of nitrogens with one attached hydrogen (secondary N) is 1. The number of carbonyl (C=O) groups excluding carboxylic acids is 1. The van der Waals surface area contributed by atoms with Gasteiger partial charge in [-0.2, -0.15) is 0 Å². The Morgan fingerprint density at radius 2 is 1.79 bits per heavy atom. The maximum atomic E-state index is 12.7. The summed E-state index contributed by atoms with van der Waals surface area (Å²) < 4.78 is 0. The molecule has 0 unspecified atom stereocenters. The van der Waals surface area contributed by atoms with Crippen LogP contribution in [0.15, 0.2) is 36.7 Å². The van der Waals surface area contributed by atoms with E-state index in [1.54, 1.807) is 12.4 Å². The molecular weight excluding hydrogens is 298 g/mol. The van der Waals surface area contributed by atoms with Gasteiger partial charge >= 0.3 is 0 Å². The first kappa shape index (κ1) is 16.5. The van der Waals surface area contributed by atoms with Crippen molar-refractivity contribution in [3.8, 4) is 0 Å². The maximum absolute atomic E-state index is 12.7. The van der Waals surface area contributed by atoms with Crippen molar-refractivity contribution >= 4 is 17.3 Å². The summed E-state index contributed by atoms with van der Waals surface area (Å²) in [7, 11) is 0. The van der Waals surface area contributed by atoms with Gasteiger partial charge in [0.15, 0.2) is 0 Å². The van der Waals surface area contributed by atoms with Crippen molar-refractivity contribution < 1.29 is 4.79 Å². The average Bonchev–Trinajstić information content (AvgIpc) is 2.86. The Bertz CT molecular complexity index is 719. The van der Waals surface area contributed by atoms with Gasteiger partial charge in [0.2, 0.25) is 0 Å². The molecule has 1 fully saturated rings. The third-order valence-corrected chi connectivity index (χ3v) is 4.54. The molecule has 2 heterocycles. The van der Waals surface area contributed by atoms with Gasteiger partial charge in [-0.1, -0.05) is 30.5 Å². The third kappa shape index (κ3) is 3.94. The van der Waals surface area contributed by atoms with Gasteiger partial charge in [0.05, 0.1) is 17.4 Å². The molecule has 0 bridgehead atoms. The molecule has 1 aliphatic heterocycles. The Morgan fingerprint density at radius 3 is 2.50 bits per heavy atom. The Hall–Kier alpha value is -2.36. The van der Waals surface area contributed by atoms with E-state index in [2.05, 4.69) is 42.3 Å². The van der Waals surface area contributed by atoms with Crippen LogP contribution in [-0.2, 0) is 0 Å². The molecule has 1 N–H and O–H groups in total. The Labute approximate surface area is 143 Å². The quantitative estimate of drug-likeness (QED) is 0.907. The minimum atomic E-state index is 0.0914. The van der Waals surface area contributed by atoms with Crippen molar-refractivity contribution in [1.29, 1.82) is 0 Å². The smallest absolute Gasteiger partial charge is 0.255 e. The molecule has 0 aliphatic carbocycles. The summed E-state index contributed by atoms with van der Waals surface area (Å²) in [6.07, 6.45) is 8.06. The van der Waals surface area contributed by atoms with E-state index in [0.29, 0.717) is 5.56 Å². The number of likely N-dealkylation sites (tertiary alicyclic amines) is 1. The van der Waals surface area contributed by atoms with E-state index in [9.17, 15) is 4.79 Å². The van der Waals surface area contributed by atoms with Crippen LogP contribution in [0.25, 0.3) is 0 Å². The lowest BCUT2D eigenvalue weighted by Gasteiger charge is -2.20. The van der Waals surface area contributed by atoms with Crippen molar-refractivity contribution in [3.05, 3.63) is 53.3 Å². The van der Waals surface area contributed by atoms with Crippen LogP contribution in [0.4, 0.5) is 11.4 Å². The second-order valence-electron chi connectivity index (χ2n) is 6.61. The summed E-state index contributed by atoms with van der Waals surface area (Å²) in [5.74, 6) is 0.0914. The number of hydrogen-bond donors (Lipinski definition) is 1. The zero-order valence-electron chi connectivity index (χ0n) is 14.5. The molecule has 0 saturated carbocycles. The molecule has 24 heavy (non-hydrogen) atoms. The van der Waals surface area contributed by atoms with E-state index in [1.165, 1.54) is 24.0 Å². The molecule has 1 aromatic heterocycles. The molecule has 2 aromatic rings. The molecule has 0 atom stereocenters. The van der Waals surface area contributed by atoms with Gasteiger partial charge in [-0.3, -0.25) is 9.78 Å². The summed E-state index contributed by atoms with van der Waals surface area (Å²) in [4.78, 5) is 18.9. The summed E-state index contributed by atoms with van der Waals surface area (Å²) in [5.41, 5.74) is 4.97. The molecule has 1 aliphatic rings. The molecule has 126 valence electrons. The van der Waals surface area contributed by atoms with Crippen molar-refractivity contribution in [3.63, 3.8) is 0 Å². The van der Waals surface area contributed by atoms with Crippen LogP contribution in [0.3, 0.4) is 0 Å². The lowest BCUT2D eigenvalue weighted by atomic mass is 10.1. The molecule has 1 aromatic carbocycles. The molecule has 4 nitrogen and oxygen atoms in total. The van der Waals surface area contributed by atoms with E-state index in [4.69, 9.17) is 0 Å². The summed E-state index contributed by atoms with van der Waals surface area (Å²) >= 11 is 0. The topological polar surface area (TPSA) is 45.2 Å². The first-order valence-electron chi connectivity index (χ1n) is 8.72. The highest BCUT2D eigenvalue weighted by Crippen LogP contribution is 2.22. The normalized spacial score (nSPS) is 15.0. The second kappa shape index (κ2) is 7.47. The fourth-order valence-corrected chi connectivity index (χ4v) is 3.19. The lowest BCUT2D eigenvalue weighted by molar-refractivity contribution is 0.0761. The summed E-state index contributed by atoms with van der Waals surface area (Å²) in [6, 6.07) is 8.18. The number of aryl methyl sites for hydroxylation is 2.